The van der Waals surface area contributed by atoms with Crippen molar-refractivity contribution in [1.29, 1.82) is 0 Å². The highest BCUT2D eigenvalue weighted by Gasteiger charge is 2.03. The largest absolute Gasteiger partial charge is 0.356 e. The summed E-state index contributed by atoms with van der Waals surface area (Å²) in [4.78, 5) is 10.5. The van der Waals surface area contributed by atoms with E-state index >= 15 is 0 Å². The smallest absolute Gasteiger partial charge is 0.216 e. The lowest BCUT2D eigenvalue weighted by Crippen LogP contribution is -2.27. The lowest BCUT2D eigenvalue weighted by molar-refractivity contribution is -0.118. The molecule has 0 fully saturated rings. The molecular weight excluding hydrogens is 204 g/mol. The first-order chi connectivity index (χ1) is 6.48. The molecule has 0 heterocycles. The van der Waals surface area contributed by atoms with Gasteiger partial charge in [-0.05, 0) is 19.8 Å². The molecular formula is C8H18N2O3S. The van der Waals surface area contributed by atoms with Gasteiger partial charge in [0.05, 0.1) is 5.75 Å². The van der Waals surface area contributed by atoms with Gasteiger partial charge in [-0.2, -0.15) is 0 Å². The SMILES string of the molecule is CCS(=O)(=O)NCCCCNC(C)=O. The number of hydrogen-bond donors (Lipinski definition) is 2. The Bertz CT molecular complexity index is 262. The summed E-state index contributed by atoms with van der Waals surface area (Å²) in [6.07, 6.45) is 1.52. The van der Waals surface area contributed by atoms with E-state index in [1.54, 1.807) is 6.92 Å². The van der Waals surface area contributed by atoms with Crippen molar-refractivity contribution in [3.05, 3.63) is 0 Å². The van der Waals surface area contributed by atoms with Crippen molar-refractivity contribution in [1.82, 2.24) is 10.0 Å². The first kappa shape index (κ1) is 13.4. The Balaban J connectivity index is 3.35. The third kappa shape index (κ3) is 8.00. The van der Waals surface area contributed by atoms with Crippen molar-refractivity contribution < 1.29 is 13.2 Å². The molecule has 1 amide bonds. The maximum atomic E-state index is 11.0. The monoisotopic (exact) mass is 222 g/mol. The summed E-state index contributed by atoms with van der Waals surface area (Å²) >= 11 is 0. The number of amides is 1. The molecule has 2 N–H and O–H groups in total. The van der Waals surface area contributed by atoms with Gasteiger partial charge in [-0.25, -0.2) is 13.1 Å². The Morgan fingerprint density at radius 3 is 2.29 bits per heavy atom. The quantitative estimate of drug-likeness (QED) is 0.588. The van der Waals surface area contributed by atoms with Crippen LogP contribution in [0.2, 0.25) is 0 Å². The molecule has 0 atom stereocenters. The first-order valence-corrected chi connectivity index (χ1v) is 6.35. The molecule has 0 aromatic rings. The van der Waals surface area contributed by atoms with Gasteiger partial charge >= 0.3 is 0 Å². The van der Waals surface area contributed by atoms with Crippen LogP contribution < -0.4 is 10.0 Å². The lowest BCUT2D eigenvalue weighted by atomic mass is 10.3. The molecule has 84 valence electrons. The van der Waals surface area contributed by atoms with Crippen molar-refractivity contribution in [2.24, 2.45) is 0 Å². The van der Waals surface area contributed by atoms with E-state index in [1.807, 2.05) is 0 Å². The highest BCUT2D eigenvalue weighted by molar-refractivity contribution is 7.89. The average molecular weight is 222 g/mol. The maximum absolute atomic E-state index is 11.0. The summed E-state index contributed by atoms with van der Waals surface area (Å²) in [6.45, 7) is 4.10. The fourth-order valence-corrected chi connectivity index (χ4v) is 1.50. The maximum Gasteiger partial charge on any atom is 0.216 e. The van der Waals surface area contributed by atoms with Crippen LogP contribution in [0.5, 0.6) is 0 Å². The number of rotatable bonds is 7. The molecule has 14 heavy (non-hydrogen) atoms. The lowest BCUT2D eigenvalue weighted by Gasteiger charge is -2.04. The highest BCUT2D eigenvalue weighted by atomic mass is 32.2. The molecule has 0 unspecified atom stereocenters. The van der Waals surface area contributed by atoms with Crippen molar-refractivity contribution in [3.63, 3.8) is 0 Å². The van der Waals surface area contributed by atoms with Gasteiger partial charge in [0.2, 0.25) is 15.9 Å². The molecule has 0 saturated carbocycles. The molecule has 0 bridgehead atoms. The Kier molecular flexibility index (Phi) is 6.48. The van der Waals surface area contributed by atoms with Crippen LogP contribution in [0.15, 0.2) is 0 Å². The minimum atomic E-state index is -3.06. The molecule has 0 aliphatic heterocycles. The highest BCUT2D eigenvalue weighted by Crippen LogP contribution is 1.88. The normalized spacial score (nSPS) is 11.3. The first-order valence-electron chi connectivity index (χ1n) is 4.69. The minimum absolute atomic E-state index is 0.0564. The van der Waals surface area contributed by atoms with Crippen LogP contribution in [-0.4, -0.2) is 33.2 Å². The third-order valence-corrected chi connectivity index (χ3v) is 3.08. The molecule has 0 aromatic heterocycles. The van der Waals surface area contributed by atoms with Crippen molar-refractivity contribution in [2.45, 2.75) is 26.7 Å². The summed E-state index contributed by atoms with van der Waals surface area (Å²) < 4.78 is 24.4. The van der Waals surface area contributed by atoms with Crippen LogP contribution in [-0.2, 0) is 14.8 Å². The molecule has 5 nitrogen and oxygen atoms in total. The zero-order valence-corrected chi connectivity index (χ0v) is 9.49. The second-order valence-electron chi connectivity index (χ2n) is 2.99. The number of hydrogen-bond acceptors (Lipinski definition) is 3. The fourth-order valence-electron chi connectivity index (χ4n) is 0.844. The third-order valence-electron chi connectivity index (χ3n) is 1.68. The number of carbonyl (C=O) groups is 1. The molecule has 0 aromatic carbocycles. The van der Waals surface area contributed by atoms with Gasteiger partial charge in [-0.15, -0.1) is 0 Å². The van der Waals surface area contributed by atoms with Gasteiger partial charge in [0, 0.05) is 20.0 Å². The number of carbonyl (C=O) groups excluding carboxylic acids is 1. The van der Waals surface area contributed by atoms with Gasteiger partial charge in [0.25, 0.3) is 0 Å². The Hall–Kier alpha value is -0.620. The second-order valence-corrected chi connectivity index (χ2v) is 5.08. The number of sulfonamides is 1. The molecule has 0 spiro atoms. The predicted molar refractivity (Wildman–Crippen MR) is 55.4 cm³/mol. The van der Waals surface area contributed by atoms with Gasteiger partial charge < -0.3 is 5.32 Å². The summed E-state index contributed by atoms with van der Waals surface area (Å²) in [5, 5.41) is 2.64. The number of unbranched alkanes of at least 4 members (excludes halogenated alkanes) is 1. The Morgan fingerprint density at radius 2 is 1.79 bits per heavy atom. The number of nitrogens with one attached hydrogen (secondary N) is 2. The van der Waals surface area contributed by atoms with E-state index in [2.05, 4.69) is 10.0 Å². The molecule has 0 saturated heterocycles. The minimum Gasteiger partial charge on any atom is -0.356 e. The van der Waals surface area contributed by atoms with E-state index in [1.165, 1.54) is 6.92 Å². The average Bonchev–Trinajstić information content (AvgIpc) is 2.10. The van der Waals surface area contributed by atoms with E-state index in [9.17, 15) is 13.2 Å². The molecule has 0 aliphatic rings. The van der Waals surface area contributed by atoms with Crippen LogP contribution in [0.25, 0.3) is 0 Å². The molecule has 0 aliphatic carbocycles. The van der Waals surface area contributed by atoms with Gasteiger partial charge in [-0.3, -0.25) is 4.79 Å². The zero-order chi connectivity index (χ0) is 11.0. The molecule has 6 heteroatoms. The van der Waals surface area contributed by atoms with E-state index in [0.29, 0.717) is 13.1 Å². The van der Waals surface area contributed by atoms with Crippen LogP contribution in [0.3, 0.4) is 0 Å². The van der Waals surface area contributed by atoms with E-state index in [0.717, 1.165) is 12.8 Å². The van der Waals surface area contributed by atoms with Crippen LogP contribution in [0.1, 0.15) is 26.7 Å². The summed E-state index contributed by atoms with van der Waals surface area (Å²) in [6, 6.07) is 0. The second kappa shape index (κ2) is 6.78. The van der Waals surface area contributed by atoms with Crippen molar-refractivity contribution >= 4 is 15.9 Å². The van der Waals surface area contributed by atoms with Crippen LogP contribution in [0.4, 0.5) is 0 Å². The predicted octanol–water partition coefficient (Wildman–Crippen LogP) is -0.158. The van der Waals surface area contributed by atoms with E-state index in [4.69, 9.17) is 0 Å². The van der Waals surface area contributed by atoms with Gasteiger partial charge in [0.15, 0.2) is 0 Å². The van der Waals surface area contributed by atoms with Crippen LogP contribution in [0, 0.1) is 0 Å². The van der Waals surface area contributed by atoms with Crippen molar-refractivity contribution in [2.75, 3.05) is 18.8 Å². The van der Waals surface area contributed by atoms with E-state index < -0.39 is 10.0 Å². The van der Waals surface area contributed by atoms with Crippen LogP contribution >= 0.6 is 0 Å². The van der Waals surface area contributed by atoms with E-state index in [-0.39, 0.29) is 11.7 Å². The summed E-state index contributed by atoms with van der Waals surface area (Å²) in [7, 11) is -3.06. The Labute approximate surface area is 85.3 Å². The topological polar surface area (TPSA) is 75.3 Å². The Morgan fingerprint density at radius 1 is 1.21 bits per heavy atom. The standard InChI is InChI=1S/C8H18N2O3S/c1-3-14(12,13)10-7-5-4-6-9-8(2)11/h10H,3-7H2,1-2H3,(H,9,11). The zero-order valence-electron chi connectivity index (χ0n) is 8.67. The van der Waals surface area contributed by atoms with Gasteiger partial charge in [0.1, 0.15) is 0 Å². The molecule has 0 radical (unpaired) electrons. The van der Waals surface area contributed by atoms with Crippen molar-refractivity contribution in [3.8, 4) is 0 Å². The summed E-state index contributed by atoms with van der Waals surface area (Å²) in [5.74, 6) is 0.0535. The molecule has 0 rings (SSSR count). The fraction of sp³-hybridized carbons (Fsp3) is 0.875. The van der Waals surface area contributed by atoms with Gasteiger partial charge in [-0.1, -0.05) is 0 Å². The summed E-state index contributed by atoms with van der Waals surface area (Å²) in [5.41, 5.74) is 0.